The highest BCUT2D eigenvalue weighted by atomic mass is 16.4. The number of carboxylic acid groups (broad SMARTS) is 2. The number of carbonyl (C=O) groups excluding carboxylic acids is 1. The van der Waals surface area contributed by atoms with Gasteiger partial charge in [0, 0.05) is 6.92 Å². The minimum absolute atomic E-state index is 0.319. The van der Waals surface area contributed by atoms with E-state index in [0.29, 0.717) is 32.4 Å². The first-order valence-corrected chi connectivity index (χ1v) is 8.83. The first-order chi connectivity index (χ1) is 12.0. The van der Waals surface area contributed by atoms with Crippen LogP contribution in [-0.4, -0.2) is 71.7 Å². The number of unbranched alkanes of at least 4 members (excludes halogenated alkanes) is 2. The van der Waals surface area contributed by atoms with Gasteiger partial charge in [0.25, 0.3) is 0 Å². The molecule has 9 nitrogen and oxygen atoms in total. The van der Waals surface area contributed by atoms with Crippen molar-refractivity contribution in [2.45, 2.75) is 64.0 Å². The van der Waals surface area contributed by atoms with Crippen molar-refractivity contribution in [2.24, 2.45) is 11.5 Å². The monoisotopic (exact) mass is 376 g/mol. The molecule has 0 bridgehead atoms. The molecule has 0 aliphatic carbocycles. The lowest BCUT2D eigenvalue weighted by Crippen LogP contribution is -2.48. The van der Waals surface area contributed by atoms with Gasteiger partial charge in [-0.2, -0.15) is 0 Å². The van der Waals surface area contributed by atoms with Gasteiger partial charge in [-0.05, 0) is 72.6 Å². The highest BCUT2D eigenvalue weighted by molar-refractivity contribution is 5.82. The second-order valence-corrected chi connectivity index (χ2v) is 6.60. The Morgan fingerprint density at radius 1 is 1.04 bits per heavy atom. The number of nitrogens with zero attached hydrogens (tertiary/aromatic N) is 1. The molecule has 0 saturated heterocycles. The van der Waals surface area contributed by atoms with Gasteiger partial charge in [-0.3, -0.25) is 14.5 Å². The van der Waals surface area contributed by atoms with Gasteiger partial charge in [0.15, 0.2) is 0 Å². The zero-order valence-corrected chi connectivity index (χ0v) is 16.5. The van der Waals surface area contributed by atoms with Gasteiger partial charge >= 0.3 is 11.9 Å². The number of likely N-dealkylation sites (N-methyl/N-ethyl adjacent to an activating group) is 1. The van der Waals surface area contributed by atoms with Crippen LogP contribution in [0.1, 0.15) is 52.4 Å². The maximum absolute atomic E-state index is 11.0. The summed E-state index contributed by atoms with van der Waals surface area (Å²) in [4.78, 5) is 33.9. The fraction of sp³-hybridized carbons (Fsp3) is 0.824. The number of amides is 1. The molecule has 0 aromatic heterocycles. The van der Waals surface area contributed by atoms with Crippen molar-refractivity contribution in [3.8, 4) is 0 Å². The predicted octanol–water partition coefficient (Wildman–Crippen LogP) is 0.225. The third-order valence-corrected chi connectivity index (χ3v) is 4.19. The molecule has 0 radical (unpaired) electrons. The maximum Gasteiger partial charge on any atom is 0.326 e. The number of hydrogen-bond acceptors (Lipinski definition) is 6. The minimum atomic E-state index is -0.993. The highest BCUT2D eigenvalue weighted by Gasteiger charge is 2.34. The Hall–Kier alpha value is -1.71. The quantitative estimate of drug-likeness (QED) is 0.303. The molecular formula is C17H36N4O5. The Balaban J connectivity index is 0. The lowest BCUT2D eigenvalue weighted by molar-refractivity contribution is -0.149. The van der Waals surface area contributed by atoms with Crippen LogP contribution >= 0.6 is 0 Å². The van der Waals surface area contributed by atoms with E-state index in [9.17, 15) is 14.4 Å². The second-order valence-electron chi connectivity index (χ2n) is 6.60. The molecule has 0 saturated carbocycles. The molecule has 0 unspecified atom stereocenters. The number of hydrogen-bond donors (Lipinski definition) is 5. The van der Waals surface area contributed by atoms with E-state index in [0.717, 1.165) is 19.3 Å². The number of nitrogens with one attached hydrogen (secondary N) is 1. The molecule has 9 heteroatoms. The Bertz CT molecular complexity index is 431. The van der Waals surface area contributed by atoms with Crippen molar-refractivity contribution >= 4 is 17.8 Å². The van der Waals surface area contributed by atoms with E-state index in [-0.39, 0.29) is 5.91 Å². The number of carbonyl (C=O) groups is 3. The average molecular weight is 376 g/mol. The number of rotatable bonds is 12. The Kier molecular flexibility index (Phi) is 14.7. The van der Waals surface area contributed by atoms with Crippen LogP contribution in [0.25, 0.3) is 0 Å². The normalized spacial score (nSPS) is 14.0. The summed E-state index contributed by atoms with van der Waals surface area (Å²) in [6.45, 7) is 4.22. The molecule has 0 aliphatic rings. The minimum Gasteiger partial charge on any atom is -0.480 e. The SMILES string of the molecule is CC(=O)N[C@@H](CCCCN)C(=O)O.CN(C)[C@@](C)(CCCCN)C(=O)O. The van der Waals surface area contributed by atoms with Crippen LogP contribution < -0.4 is 16.8 Å². The van der Waals surface area contributed by atoms with Crippen molar-refractivity contribution < 1.29 is 24.6 Å². The largest absolute Gasteiger partial charge is 0.480 e. The fourth-order valence-electron chi connectivity index (χ4n) is 2.13. The van der Waals surface area contributed by atoms with Crippen LogP contribution in [0, 0.1) is 0 Å². The zero-order chi connectivity index (χ0) is 20.8. The molecule has 1 amide bonds. The first kappa shape index (κ1) is 26.5. The summed E-state index contributed by atoms with van der Waals surface area (Å²) in [5.41, 5.74) is 9.85. The Morgan fingerprint density at radius 2 is 1.54 bits per heavy atom. The molecular weight excluding hydrogens is 340 g/mol. The molecule has 0 spiro atoms. The van der Waals surface area contributed by atoms with Crippen molar-refractivity contribution in [3.05, 3.63) is 0 Å². The fourth-order valence-corrected chi connectivity index (χ4v) is 2.13. The number of aliphatic carboxylic acids is 2. The highest BCUT2D eigenvalue weighted by Crippen LogP contribution is 2.19. The lowest BCUT2D eigenvalue weighted by Gasteiger charge is -2.32. The van der Waals surface area contributed by atoms with Gasteiger partial charge in [0.1, 0.15) is 11.6 Å². The summed E-state index contributed by atoms with van der Waals surface area (Å²) < 4.78 is 0. The van der Waals surface area contributed by atoms with E-state index in [1.165, 1.54) is 6.92 Å². The second kappa shape index (κ2) is 14.5. The van der Waals surface area contributed by atoms with Gasteiger partial charge in [-0.1, -0.05) is 0 Å². The molecule has 0 aromatic rings. The van der Waals surface area contributed by atoms with Gasteiger partial charge in [-0.15, -0.1) is 0 Å². The van der Waals surface area contributed by atoms with Gasteiger partial charge in [0.2, 0.25) is 5.91 Å². The van der Waals surface area contributed by atoms with E-state index >= 15 is 0 Å². The van der Waals surface area contributed by atoms with Crippen molar-refractivity contribution in [3.63, 3.8) is 0 Å². The van der Waals surface area contributed by atoms with Crippen molar-refractivity contribution in [2.75, 3.05) is 27.2 Å². The van der Waals surface area contributed by atoms with Gasteiger partial charge in [-0.25, -0.2) is 4.79 Å². The van der Waals surface area contributed by atoms with E-state index < -0.39 is 23.5 Å². The van der Waals surface area contributed by atoms with Gasteiger partial charge < -0.3 is 27.0 Å². The van der Waals surface area contributed by atoms with Crippen LogP contribution in [-0.2, 0) is 14.4 Å². The summed E-state index contributed by atoms with van der Waals surface area (Å²) in [6, 6.07) is -0.774. The van der Waals surface area contributed by atoms with Crippen LogP contribution in [0.3, 0.4) is 0 Å². The third-order valence-electron chi connectivity index (χ3n) is 4.19. The molecule has 0 rings (SSSR count). The molecule has 154 valence electrons. The maximum atomic E-state index is 11.0. The number of nitrogens with two attached hydrogens (primary N) is 2. The summed E-state index contributed by atoms with van der Waals surface area (Å²) in [5, 5.41) is 20.1. The molecule has 26 heavy (non-hydrogen) atoms. The topological polar surface area (TPSA) is 159 Å². The van der Waals surface area contributed by atoms with E-state index in [2.05, 4.69) is 5.32 Å². The molecule has 0 fully saturated rings. The Morgan fingerprint density at radius 3 is 1.88 bits per heavy atom. The van der Waals surface area contributed by atoms with E-state index in [1.54, 1.807) is 25.9 Å². The molecule has 0 aliphatic heterocycles. The standard InChI is InChI=1S/C9H20N2O2.C8H16N2O3/c1-9(8(12)13,11(2)3)6-4-5-7-10;1-6(11)10-7(8(12)13)4-2-3-5-9/h4-7,10H2,1-3H3,(H,12,13);7H,2-5,9H2,1H3,(H,10,11)(H,12,13)/t9-;7-/m00/s1. The van der Waals surface area contributed by atoms with Crippen LogP contribution in [0.5, 0.6) is 0 Å². The van der Waals surface area contributed by atoms with Crippen molar-refractivity contribution in [1.82, 2.24) is 10.2 Å². The summed E-state index contributed by atoms with van der Waals surface area (Å²) >= 11 is 0. The average Bonchev–Trinajstić information content (AvgIpc) is 2.53. The van der Waals surface area contributed by atoms with Crippen LogP contribution in [0.15, 0.2) is 0 Å². The van der Waals surface area contributed by atoms with E-state index in [1.807, 2.05) is 0 Å². The molecule has 2 atom stereocenters. The predicted molar refractivity (Wildman–Crippen MR) is 101 cm³/mol. The Labute approximate surface area is 156 Å². The molecule has 0 heterocycles. The van der Waals surface area contributed by atoms with Crippen LogP contribution in [0.2, 0.25) is 0 Å². The van der Waals surface area contributed by atoms with Crippen molar-refractivity contribution in [1.29, 1.82) is 0 Å². The van der Waals surface area contributed by atoms with Crippen LogP contribution in [0.4, 0.5) is 0 Å². The summed E-state index contributed by atoms with van der Waals surface area (Å²) in [5.74, 6) is -2.08. The van der Waals surface area contributed by atoms with E-state index in [4.69, 9.17) is 21.7 Å². The zero-order valence-electron chi connectivity index (χ0n) is 16.5. The molecule has 0 aromatic carbocycles. The lowest BCUT2D eigenvalue weighted by atomic mass is 9.94. The summed E-state index contributed by atoms with van der Waals surface area (Å²) in [6.07, 6.45) is 4.32. The van der Waals surface area contributed by atoms with Gasteiger partial charge in [0.05, 0.1) is 0 Å². The smallest absolute Gasteiger partial charge is 0.326 e. The first-order valence-electron chi connectivity index (χ1n) is 8.83. The molecule has 7 N–H and O–H groups in total. The number of carboxylic acids is 2. The summed E-state index contributed by atoms with van der Waals surface area (Å²) in [7, 11) is 3.58. The third kappa shape index (κ3) is 11.8.